The Morgan fingerprint density at radius 3 is 2.26 bits per heavy atom. The molecule has 0 saturated heterocycles. The molecular formula is C17H19NO. The molecule has 0 aliphatic carbocycles. The van der Waals surface area contributed by atoms with E-state index in [4.69, 9.17) is 0 Å². The Bertz CT molecular complexity index is 521. The molecule has 2 heteroatoms. The number of rotatable bonds is 6. The van der Waals surface area contributed by atoms with Crippen LogP contribution in [-0.4, -0.2) is 24.8 Å². The summed E-state index contributed by atoms with van der Waals surface area (Å²) in [7, 11) is 3.76. The lowest BCUT2D eigenvalue weighted by molar-refractivity contribution is 0.103. The molecule has 0 amide bonds. The lowest BCUT2D eigenvalue weighted by Crippen LogP contribution is -2.11. The number of hydrogen-bond acceptors (Lipinski definition) is 2. The number of benzene rings is 1. The van der Waals surface area contributed by atoms with Crippen LogP contribution in [0, 0.1) is 0 Å². The maximum absolute atomic E-state index is 12.5. The first-order chi connectivity index (χ1) is 9.10. The molecule has 0 radical (unpaired) electrons. The highest BCUT2D eigenvalue weighted by Gasteiger charge is 2.14. The predicted octanol–water partition coefficient (Wildman–Crippen LogP) is 3.61. The van der Waals surface area contributed by atoms with Gasteiger partial charge >= 0.3 is 0 Å². The number of ketones is 1. The number of carbonyl (C=O) groups excluding carboxylic acids is 1. The number of carbonyl (C=O) groups is 1. The molecule has 1 aromatic rings. The molecule has 19 heavy (non-hydrogen) atoms. The lowest BCUT2D eigenvalue weighted by Gasteiger charge is -2.12. The van der Waals surface area contributed by atoms with E-state index in [1.54, 1.807) is 36.6 Å². The van der Waals surface area contributed by atoms with E-state index in [0.717, 1.165) is 5.57 Å². The van der Waals surface area contributed by atoms with E-state index < -0.39 is 0 Å². The molecule has 0 aromatic heterocycles. The van der Waals surface area contributed by atoms with Crippen LogP contribution in [0.2, 0.25) is 0 Å². The number of hydrogen-bond donors (Lipinski definition) is 0. The van der Waals surface area contributed by atoms with Crippen molar-refractivity contribution in [2.24, 2.45) is 0 Å². The Balaban J connectivity index is 3.26. The zero-order chi connectivity index (χ0) is 14.3. The minimum absolute atomic E-state index is 0.0256. The van der Waals surface area contributed by atoms with Crippen LogP contribution in [0.5, 0.6) is 0 Å². The van der Waals surface area contributed by atoms with Gasteiger partial charge in [-0.25, -0.2) is 0 Å². The zero-order valence-electron chi connectivity index (χ0n) is 11.5. The highest BCUT2D eigenvalue weighted by molar-refractivity contribution is 6.12. The molecule has 0 unspecified atom stereocenters. The number of nitrogens with zero attached hydrogens (tertiary/aromatic N) is 1. The van der Waals surface area contributed by atoms with Gasteiger partial charge in [-0.05, 0) is 5.57 Å². The minimum Gasteiger partial charge on any atom is -0.383 e. The summed E-state index contributed by atoms with van der Waals surface area (Å²) in [5.74, 6) is -0.0256. The summed E-state index contributed by atoms with van der Waals surface area (Å²) < 4.78 is 0. The van der Waals surface area contributed by atoms with Crippen molar-refractivity contribution < 1.29 is 4.79 Å². The smallest absolute Gasteiger partial charge is 0.195 e. The minimum atomic E-state index is -0.0256. The van der Waals surface area contributed by atoms with Crippen molar-refractivity contribution in [2.45, 2.75) is 0 Å². The third-order valence-electron chi connectivity index (χ3n) is 2.50. The van der Waals surface area contributed by atoms with Crippen molar-refractivity contribution in [1.82, 2.24) is 4.90 Å². The monoisotopic (exact) mass is 253 g/mol. The fraction of sp³-hybridized carbons (Fsp3) is 0.118. The summed E-state index contributed by atoms with van der Waals surface area (Å²) in [5.41, 5.74) is 2.02. The van der Waals surface area contributed by atoms with Crippen LogP contribution in [0.1, 0.15) is 10.4 Å². The van der Waals surface area contributed by atoms with Gasteiger partial charge in [0.25, 0.3) is 0 Å². The number of allylic oxidation sites excluding steroid dienone is 5. The molecule has 0 atom stereocenters. The van der Waals surface area contributed by atoms with Crippen molar-refractivity contribution in [2.75, 3.05) is 14.1 Å². The van der Waals surface area contributed by atoms with Gasteiger partial charge in [-0.2, -0.15) is 0 Å². The normalized spacial score (nSPS) is 11.9. The van der Waals surface area contributed by atoms with E-state index >= 15 is 0 Å². The predicted molar refractivity (Wildman–Crippen MR) is 81.0 cm³/mol. The summed E-state index contributed by atoms with van der Waals surface area (Å²) in [6.07, 6.45) is 6.90. The molecule has 2 nitrogen and oxygen atoms in total. The second-order valence-corrected chi connectivity index (χ2v) is 4.26. The summed E-state index contributed by atoms with van der Waals surface area (Å²) in [6, 6.07) is 9.21. The van der Waals surface area contributed by atoms with E-state index in [0.29, 0.717) is 11.1 Å². The maximum Gasteiger partial charge on any atom is 0.195 e. The van der Waals surface area contributed by atoms with Crippen LogP contribution in [0.3, 0.4) is 0 Å². The van der Waals surface area contributed by atoms with Gasteiger partial charge in [0.05, 0.1) is 0 Å². The van der Waals surface area contributed by atoms with E-state index in [2.05, 4.69) is 13.2 Å². The van der Waals surface area contributed by atoms with Gasteiger partial charge in [0.15, 0.2) is 5.78 Å². The van der Waals surface area contributed by atoms with Gasteiger partial charge in [0.2, 0.25) is 0 Å². The van der Waals surface area contributed by atoms with Crippen LogP contribution in [0.15, 0.2) is 79.1 Å². The highest BCUT2D eigenvalue weighted by Crippen LogP contribution is 2.18. The van der Waals surface area contributed by atoms with Crippen molar-refractivity contribution in [1.29, 1.82) is 0 Å². The molecule has 98 valence electrons. The first kappa shape index (κ1) is 14.7. The first-order valence-corrected chi connectivity index (χ1v) is 6.03. The molecule has 0 aliphatic heterocycles. The van der Waals surface area contributed by atoms with Gasteiger partial charge in [0.1, 0.15) is 0 Å². The molecule has 0 spiro atoms. The second kappa shape index (κ2) is 7.17. The third kappa shape index (κ3) is 4.11. The molecule has 1 aromatic carbocycles. The van der Waals surface area contributed by atoms with Crippen molar-refractivity contribution in [3.8, 4) is 0 Å². The van der Waals surface area contributed by atoms with Gasteiger partial charge < -0.3 is 4.90 Å². The van der Waals surface area contributed by atoms with Gasteiger partial charge in [-0.15, -0.1) is 0 Å². The zero-order valence-corrected chi connectivity index (χ0v) is 11.5. The Hall–Kier alpha value is -2.35. The summed E-state index contributed by atoms with van der Waals surface area (Å²) >= 11 is 0. The molecule has 0 heterocycles. The average molecular weight is 253 g/mol. The Morgan fingerprint density at radius 1 is 1.16 bits per heavy atom. The lowest BCUT2D eigenvalue weighted by atomic mass is 9.97. The fourth-order valence-electron chi connectivity index (χ4n) is 1.66. The van der Waals surface area contributed by atoms with Crippen LogP contribution < -0.4 is 0 Å². The molecule has 1 rings (SSSR count). The van der Waals surface area contributed by atoms with Crippen LogP contribution in [0.4, 0.5) is 0 Å². The molecular weight excluding hydrogens is 234 g/mol. The van der Waals surface area contributed by atoms with Crippen molar-refractivity contribution in [3.63, 3.8) is 0 Å². The van der Waals surface area contributed by atoms with Crippen molar-refractivity contribution >= 4 is 5.78 Å². The quantitative estimate of drug-likeness (QED) is 0.438. The summed E-state index contributed by atoms with van der Waals surface area (Å²) in [6.45, 7) is 7.42. The average Bonchev–Trinajstić information content (AvgIpc) is 2.42. The van der Waals surface area contributed by atoms with Crippen LogP contribution >= 0.6 is 0 Å². The summed E-state index contributed by atoms with van der Waals surface area (Å²) in [5, 5.41) is 0. The van der Waals surface area contributed by atoms with Crippen LogP contribution in [-0.2, 0) is 0 Å². The first-order valence-electron chi connectivity index (χ1n) is 6.03. The van der Waals surface area contributed by atoms with Gasteiger partial charge in [-0.3, -0.25) is 4.79 Å². The van der Waals surface area contributed by atoms with E-state index in [9.17, 15) is 4.79 Å². The fourth-order valence-corrected chi connectivity index (χ4v) is 1.66. The number of Topliss-reactive ketones (excluding diaryl/α,β-unsaturated/α-hetero) is 1. The Kier molecular flexibility index (Phi) is 5.55. The molecule has 0 fully saturated rings. The molecule has 0 saturated carbocycles. The topological polar surface area (TPSA) is 20.3 Å². The Morgan fingerprint density at radius 2 is 1.79 bits per heavy atom. The van der Waals surface area contributed by atoms with Gasteiger partial charge in [0, 0.05) is 31.4 Å². The second-order valence-electron chi connectivity index (χ2n) is 4.26. The standard InChI is InChI=1S/C17H19NO/c1-5-10-14(6-2)16(13-18(3)4)17(19)15-11-8-7-9-12-15/h5-13H,1-2H2,3-4H3/b14-10+,16-13+. The van der Waals surface area contributed by atoms with Crippen LogP contribution in [0.25, 0.3) is 0 Å². The van der Waals surface area contributed by atoms with Gasteiger partial charge in [-0.1, -0.05) is 61.7 Å². The highest BCUT2D eigenvalue weighted by atomic mass is 16.1. The SMILES string of the molecule is C=C/C=C(C=C)/C(=C\N(C)C)C(=O)c1ccccc1. The molecule has 0 aliphatic rings. The van der Waals surface area contributed by atoms with Crippen molar-refractivity contribution in [3.05, 3.63) is 84.6 Å². The Labute approximate surface area is 115 Å². The molecule has 0 N–H and O–H groups in total. The molecule has 0 bridgehead atoms. The van der Waals surface area contributed by atoms with E-state index in [1.807, 2.05) is 37.2 Å². The van der Waals surface area contributed by atoms with E-state index in [-0.39, 0.29) is 5.78 Å². The third-order valence-corrected chi connectivity index (χ3v) is 2.50. The maximum atomic E-state index is 12.5. The van der Waals surface area contributed by atoms with E-state index in [1.165, 1.54) is 0 Å². The largest absolute Gasteiger partial charge is 0.383 e. The summed E-state index contributed by atoms with van der Waals surface area (Å²) in [4.78, 5) is 14.4.